The van der Waals surface area contributed by atoms with Crippen molar-refractivity contribution in [1.82, 2.24) is 4.90 Å². The van der Waals surface area contributed by atoms with Crippen molar-refractivity contribution in [2.24, 2.45) is 0 Å². The molecule has 1 saturated heterocycles. The SMILES string of the molecule is O=C(O)COCCOCCN1CCC(c2ccc(Oc3c(-c4ccc(F)cc4)sc4cc(OCc5ccccc5)ccc34)cc2)CC1. The number of carboxylic acids is 1. The van der Waals surface area contributed by atoms with Gasteiger partial charge in [0, 0.05) is 16.6 Å². The van der Waals surface area contributed by atoms with E-state index in [4.69, 9.17) is 24.1 Å². The van der Waals surface area contributed by atoms with Crippen LogP contribution in [0.15, 0.2) is 97.1 Å². The Bertz CT molecular complexity index is 1730. The minimum atomic E-state index is -0.970. The van der Waals surface area contributed by atoms with Crippen LogP contribution in [0.4, 0.5) is 4.39 Å². The number of ether oxygens (including phenoxy) is 4. The minimum Gasteiger partial charge on any atom is -0.489 e. The van der Waals surface area contributed by atoms with E-state index in [0.717, 1.165) is 75.8 Å². The highest BCUT2D eigenvalue weighted by Crippen LogP contribution is 2.47. The summed E-state index contributed by atoms with van der Waals surface area (Å²) >= 11 is 1.61. The largest absolute Gasteiger partial charge is 0.489 e. The van der Waals surface area contributed by atoms with Crippen molar-refractivity contribution in [3.8, 4) is 27.7 Å². The number of hydrogen-bond donors (Lipinski definition) is 1. The maximum absolute atomic E-state index is 13.8. The highest BCUT2D eigenvalue weighted by molar-refractivity contribution is 7.22. The quantitative estimate of drug-likeness (QED) is 0.114. The molecule has 1 aromatic heterocycles. The Morgan fingerprint density at radius 1 is 0.851 bits per heavy atom. The Morgan fingerprint density at radius 2 is 1.57 bits per heavy atom. The van der Waals surface area contributed by atoms with Crippen LogP contribution < -0.4 is 9.47 Å². The first-order chi connectivity index (χ1) is 23.0. The fraction of sp³-hybridized carbons (Fsp3) is 0.289. The van der Waals surface area contributed by atoms with Crippen LogP contribution in [-0.4, -0.2) is 62.0 Å². The summed E-state index contributed by atoms with van der Waals surface area (Å²) in [5, 5.41) is 9.58. The summed E-state index contributed by atoms with van der Waals surface area (Å²) in [7, 11) is 0. The average molecular weight is 656 g/mol. The first kappa shape index (κ1) is 32.7. The second-order valence-corrected chi connectivity index (χ2v) is 12.6. The number of fused-ring (bicyclic) bond motifs is 1. The lowest BCUT2D eigenvalue weighted by Gasteiger charge is -2.32. The van der Waals surface area contributed by atoms with Gasteiger partial charge in [0.15, 0.2) is 5.75 Å². The Kier molecular flexibility index (Phi) is 11.1. The molecule has 0 unspecified atom stereocenters. The summed E-state index contributed by atoms with van der Waals surface area (Å²) in [6, 6.07) is 31.1. The summed E-state index contributed by atoms with van der Waals surface area (Å²) in [5.41, 5.74) is 3.31. The highest BCUT2D eigenvalue weighted by Gasteiger charge is 2.21. The third-order valence-corrected chi connectivity index (χ3v) is 9.46. The lowest BCUT2D eigenvalue weighted by atomic mass is 9.89. The molecule has 0 aliphatic carbocycles. The van der Waals surface area contributed by atoms with E-state index < -0.39 is 5.97 Å². The van der Waals surface area contributed by atoms with Crippen LogP contribution in [0.5, 0.6) is 17.2 Å². The minimum absolute atomic E-state index is 0.274. The standard InChI is InChI=1S/C38H38FNO6S/c39-31-10-6-30(7-11-31)38-37(34-15-14-33(24-35(34)47-38)45-25-27-4-2-1-3-5-27)46-32-12-8-28(9-13-32)29-16-18-40(19-17-29)20-21-43-22-23-44-26-36(41)42/h1-15,24,29H,16-23,25-26H2,(H,41,42). The molecule has 2 heterocycles. The molecule has 0 bridgehead atoms. The Hall–Kier alpha value is -4.28. The van der Waals surface area contributed by atoms with Crippen molar-refractivity contribution in [2.45, 2.75) is 25.4 Å². The van der Waals surface area contributed by atoms with E-state index in [1.165, 1.54) is 17.7 Å². The van der Waals surface area contributed by atoms with E-state index in [2.05, 4.69) is 17.0 Å². The fourth-order valence-electron chi connectivity index (χ4n) is 5.77. The van der Waals surface area contributed by atoms with Crippen molar-refractivity contribution < 1.29 is 33.2 Å². The summed E-state index contributed by atoms with van der Waals surface area (Å²) < 4.78 is 38.1. The van der Waals surface area contributed by atoms with Crippen molar-refractivity contribution >= 4 is 27.4 Å². The molecule has 0 saturated carbocycles. The van der Waals surface area contributed by atoms with Gasteiger partial charge in [-0.15, -0.1) is 11.3 Å². The number of piperidine rings is 1. The molecule has 4 aromatic carbocycles. The number of nitrogens with zero attached hydrogens (tertiary/aromatic N) is 1. The monoisotopic (exact) mass is 655 g/mol. The highest BCUT2D eigenvalue weighted by atomic mass is 32.1. The number of carboxylic acid groups (broad SMARTS) is 1. The van der Waals surface area contributed by atoms with Gasteiger partial charge in [0.2, 0.25) is 0 Å². The van der Waals surface area contributed by atoms with Gasteiger partial charge in [-0.2, -0.15) is 0 Å². The molecule has 244 valence electrons. The van der Waals surface area contributed by atoms with E-state index in [-0.39, 0.29) is 19.0 Å². The first-order valence-corrected chi connectivity index (χ1v) is 16.7. The number of likely N-dealkylation sites (tertiary alicyclic amines) is 1. The zero-order chi connectivity index (χ0) is 32.4. The summed E-state index contributed by atoms with van der Waals surface area (Å²) in [6.07, 6.45) is 2.14. The predicted molar refractivity (Wildman–Crippen MR) is 182 cm³/mol. The number of rotatable bonds is 15. The molecular weight excluding hydrogens is 617 g/mol. The number of hydrogen-bond acceptors (Lipinski definition) is 7. The lowest BCUT2D eigenvalue weighted by molar-refractivity contribution is -0.142. The Balaban J connectivity index is 1.08. The number of halogens is 1. The molecule has 0 amide bonds. The van der Waals surface area contributed by atoms with Gasteiger partial charge >= 0.3 is 5.97 Å². The van der Waals surface area contributed by atoms with Gasteiger partial charge in [0.1, 0.15) is 30.5 Å². The summed E-state index contributed by atoms with van der Waals surface area (Å²) in [5.74, 6) is 1.53. The first-order valence-electron chi connectivity index (χ1n) is 15.9. The van der Waals surface area contributed by atoms with E-state index in [0.29, 0.717) is 25.7 Å². The van der Waals surface area contributed by atoms with Crippen molar-refractivity contribution in [2.75, 3.05) is 46.1 Å². The fourth-order valence-corrected chi connectivity index (χ4v) is 6.93. The number of benzene rings is 4. The van der Waals surface area contributed by atoms with Gasteiger partial charge in [0.05, 0.1) is 24.7 Å². The molecule has 5 aromatic rings. The molecule has 7 nitrogen and oxygen atoms in total. The molecule has 1 aliphatic rings. The molecule has 9 heteroatoms. The molecule has 0 atom stereocenters. The Morgan fingerprint density at radius 3 is 2.32 bits per heavy atom. The third-order valence-electron chi connectivity index (χ3n) is 8.28. The predicted octanol–water partition coefficient (Wildman–Crippen LogP) is 8.38. The topological polar surface area (TPSA) is 77.5 Å². The van der Waals surface area contributed by atoms with Gasteiger partial charge in [-0.25, -0.2) is 9.18 Å². The van der Waals surface area contributed by atoms with Gasteiger partial charge < -0.3 is 29.0 Å². The smallest absolute Gasteiger partial charge is 0.329 e. The van der Waals surface area contributed by atoms with Gasteiger partial charge in [0.25, 0.3) is 0 Å². The second-order valence-electron chi connectivity index (χ2n) is 11.5. The van der Waals surface area contributed by atoms with E-state index >= 15 is 0 Å². The summed E-state index contributed by atoms with van der Waals surface area (Å²) in [6.45, 7) is 4.33. The van der Waals surface area contributed by atoms with Crippen molar-refractivity contribution in [3.63, 3.8) is 0 Å². The maximum Gasteiger partial charge on any atom is 0.329 e. The molecule has 1 fully saturated rings. The summed E-state index contributed by atoms with van der Waals surface area (Å²) in [4.78, 5) is 13.8. The van der Waals surface area contributed by atoms with Crippen LogP contribution >= 0.6 is 11.3 Å². The molecular formula is C38H38FNO6S. The number of aliphatic carboxylic acids is 1. The maximum atomic E-state index is 13.8. The normalized spacial score (nSPS) is 14.0. The number of thiophene rings is 1. The van der Waals surface area contributed by atoms with Crippen molar-refractivity contribution in [3.05, 3.63) is 114 Å². The van der Waals surface area contributed by atoms with Gasteiger partial charge in [-0.1, -0.05) is 54.6 Å². The van der Waals surface area contributed by atoms with E-state index in [9.17, 15) is 9.18 Å². The third kappa shape index (κ3) is 8.96. The van der Waals surface area contributed by atoms with Crippen LogP contribution in [0.25, 0.3) is 20.5 Å². The zero-order valence-electron chi connectivity index (χ0n) is 26.1. The van der Waals surface area contributed by atoms with Crippen LogP contribution in [0.1, 0.15) is 29.9 Å². The zero-order valence-corrected chi connectivity index (χ0v) is 26.9. The van der Waals surface area contributed by atoms with Gasteiger partial charge in [-0.3, -0.25) is 0 Å². The average Bonchev–Trinajstić information content (AvgIpc) is 3.45. The lowest BCUT2D eigenvalue weighted by Crippen LogP contribution is -2.35. The van der Waals surface area contributed by atoms with Gasteiger partial charge in [-0.05, 0) is 91.0 Å². The van der Waals surface area contributed by atoms with E-state index in [1.807, 2.05) is 60.7 Å². The van der Waals surface area contributed by atoms with E-state index in [1.54, 1.807) is 23.5 Å². The van der Waals surface area contributed by atoms with Crippen LogP contribution in [0.3, 0.4) is 0 Å². The molecule has 1 aliphatic heterocycles. The number of carbonyl (C=O) groups is 1. The second kappa shape index (κ2) is 16.0. The molecule has 0 radical (unpaired) electrons. The van der Waals surface area contributed by atoms with Crippen molar-refractivity contribution in [1.29, 1.82) is 0 Å². The van der Waals surface area contributed by atoms with Crippen LogP contribution in [0, 0.1) is 5.82 Å². The molecule has 0 spiro atoms. The van der Waals surface area contributed by atoms with Crippen LogP contribution in [0.2, 0.25) is 0 Å². The Labute approximate surface area is 278 Å². The molecule has 47 heavy (non-hydrogen) atoms. The molecule has 1 N–H and O–H groups in total. The molecule has 6 rings (SSSR count). The van der Waals surface area contributed by atoms with Crippen LogP contribution in [-0.2, 0) is 20.9 Å².